The lowest BCUT2D eigenvalue weighted by molar-refractivity contribution is 0.566. The van der Waals surface area contributed by atoms with Gasteiger partial charge in [0, 0.05) is 16.8 Å². The summed E-state index contributed by atoms with van der Waals surface area (Å²) in [6.07, 6.45) is 1.52. The minimum Gasteiger partial charge on any atom is -0.210 e. The molecule has 0 saturated heterocycles. The van der Waals surface area contributed by atoms with Crippen LogP contribution in [0.1, 0.15) is 16.7 Å². The lowest BCUT2D eigenvalue weighted by atomic mass is 10.1. The summed E-state index contributed by atoms with van der Waals surface area (Å²) in [5, 5.41) is 0. The summed E-state index contributed by atoms with van der Waals surface area (Å²) in [7, 11) is 0. The average Bonchev–Trinajstić information content (AvgIpc) is 2.02. The molecule has 0 radical (unpaired) electrons. The molecule has 68 valence electrons. The van der Waals surface area contributed by atoms with E-state index in [1.807, 2.05) is 13.8 Å². The third-order valence-electron chi connectivity index (χ3n) is 1.78. The molecule has 0 aromatic heterocycles. The second-order valence-corrected chi connectivity index (χ2v) is 3.78. The molecular weight excluding hydrogens is 182 g/mol. The Morgan fingerprint density at radius 2 is 1.77 bits per heavy atom. The fourth-order valence-electron chi connectivity index (χ4n) is 1.38. The van der Waals surface area contributed by atoms with Crippen molar-refractivity contribution in [1.29, 1.82) is 0 Å². The minimum absolute atomic E-state index is 1.05. The van der Waals surface area contributed by atoms with Crippen LogP contribution in [0.25, 0.3) is 0 Å². The van der Waals surface area contributed by atoms with E-state index in [1.54, 1.807) is 0 Å². The molecule has 2 nitrogen and oxygen atoms in total. The molecule has 0 heterocycles. The first kappa shape index (κ1) is 10.0. The topological polar surface area (TPSA) is 29.4 Å². The predicted octanol–water partition coefficient (Wildman–Crippen LogP) is 2.95. The van der Waals surface area contributed by atoms with Crippen molar-refractivity contribution in [3.63, 3.8) is 0 Å². The molecule has 0 spiro atoms. The summed E-state index contributed by atoms with van der Waals surface area (Å²) in [5.41, 5.74) is 3.54. The van der Waals surface area contributed by atoms with E-state index in [4.69, 9.17) is 0 Å². The molecule has 1 aromatic carbocycles. The van der Waals surface area contributed by atoms with E-state index in [2.05, 4.69) is 23.5 Å². The fraction of sp³-hybridized carbons (Fsp3) is 0.300. The minimum atomic E-state index is 1.05. The number of isocyanates is 1. The first-order chi connectivity index (χ1) is 6.15. The third kappa shape index (κ3) is 2.44. The van der Waals surface area contributed by atoms with Crippen LogP contribution in [0.4, 0.5) is 0 Å². The Morgan fingerprint density at radius 3 is 2.23 bits per heavy atom. The summed E-state index contributed by atoms with van der Waals surface area (Å²) >= 11 is 1.18. The number of hydrogen-bond donors (Lipinski definition) is 0. The van der Waals surface area contributed by atoms with Gasteiger partial charge < -0.3 is 0 Å². The largest absolute Gasteiger partial charge is 0.247 e. The zero-order valence-electron chi connectivity index (χ0n) is 7.92. The molecule has 0 N–H and O–H groups in total. The van der Waals surface area contributed by atoms with Crippen molar-refractivity contribution < 1.29 is 4.79 Å². The normalized spacial score (nSPS) is 9.46. The van der Waals surface area contributed by atoms with Crippen LogP contribution in [0.15, 0.2) is 21.4 Å². The highest BCUT2D eigenvalue weighted by Crippen LogP contribution is 2.27. The zero-order chi connectivity index (χ0) is 9.84. The summed E-state index contributed by atoms with van der Waals surface area (Å²) in [4.78, 5) is 11.0. The van der Waals surface area contributed by atoms with Crippen LogP contribution in [-0.2, 0) is 4.79 Å². The van der Waals surface area contributed by atoms with Gasteiger partial charge >= 0.3 is 0 Å². The van der Waals surface area contributed by atoms with Gasteiger partial charge in [0.15, 0.2) is 0 Å². The van der Waals surface area contributed by atoms with Gasteiger partial charge in [-0.15, -0.1) is 4.40 Å². The molecule has 1 aromatic rings. The van der Waals surface area contributed by atoms with Gasteiger partial charge in [0.2, 0.25) is 6.08 Å². The first-order valence-electron chi connectivity index (χ1n) is 3.97. The molecule has 3 heteroatoms. The molecule has 0 unspecified atom stereocenters. The van der Waals surface area contributed by atoms with E-state index in [1.165, 1.54) is 23.6 Å². The summed E-state index contributed by atoms with van der Waals surface area (Å²) in [6, 6.07) is 4.16. The van der Waals surface area contributed by atoms with Gasteiger partial charge in [-0.3, -0.25) is 0 Å². The number of rotatable bonds is 2. The Balaban J connectivity index is 3.12. The molecular formula is C10H11NOS. The molecule has 0 fully saturated rings. The molecule has 13 heavy (non-hydrogen) atoms. The van der Waals surface area contributed by atoms with E-state index >= 15 is 0 Å². The number of benzene rings is 1. The van der Waals surface area contributed by atoms with Gasteiger partial charge in [0.05, 0.1) is 0 Å². The zero-order valence-corrected chi connectivity index (χ0v) is 8.73. The third-order valence-corrected chi connectivity index (χ3v) is 2.77. The van der Waals surface area contributed by atoms with E-state index in [0.717, 1.165) is 16.0 Å². The summed E-state index contributed by atoms with van der Waals surface area (Å²) < 4.78 is 3.50. The lowest BCUT2D eigenvalue weighted by Crippen LogP contribution is -1.85. The molecule has 0 aliphatic heterocycles. The monoisotopic (exact) mass is 193 g/mol. The highest BCUT2D eigenvalue weighted by molar-refractivity contribution is 7.98. The highest BCUT2D eigenvalue weighted by Gasteiger charge is 2.03. The molecule has 0 aliphatic carbocycles. The highest BCUT2D eigenvalue weighted by atomic mass is 32.2. The van der Waals surface area contributed by atoms with Crippen molar-refractivity contribution in [1.82, 2.24) is 0 Å². The quantitative estimate of drug-likeness (QED) is 0.410. The van der Waals surface area contributed by atoms with Crippen LogP contribution in [-0.4, -0.2) is 6.08 Å². The smallest absolute Gasteiger partial charge is 0.210 e. The summed E-state index contributed by atoms with van der Waals surface area (Å²) in [5.74, 6) is 0. The van der Waals surface area contributed by atoms with E-state index < -0.39 is 0 Å². The fourth-order valence-corrected chi connectivity index (χ4v) is 1.91. The lowest BCUT2D eigenvalue weighted by Gasteiger charge is -2.06. The Kier molecular flexibility index (Phi) is 3.29. The molecule has 0 bridgehead atoms. The van der Waals surface area contributed by atoms with Gasteiger partial charge in [-0.2, -0.15) is 0 Å². The molecule has 0 atom stereocenters. The molecule has 0 aliphatic rings. The predicted molar refractivity (Wildman–Crippen MR) is 54.6 cm³/mol. The standard InChI is InChI=1S/C10H11NOS/c1-7-4-8(2)10(9(3)5-7)13-11-6-12/h4-5H,1-3H3. The Morgan fingerprint density at radius 1 is 1.23 bits per heavy atom. The van der Waals surface area contributed by atoms with Crippen molar-refractivity contribution in [2.75, 3.05) is 0 Å². The number of nitrogens with zero attached hydrogens (tertiary/aromatic N) is 1. The van der Waals surface area contributed by atoms with Crippen molar-refractivity contribution >= 4 is 18.0 Å². The van der Waals surface area contributed by atoms with Crippen molar-refractivity contribution in [2.24, 2.45) is 4.40 Å². The van der Waals surface area contributed by atoms with Crippen LogP contribution in [0, 0.1) is 20.8 Å². The maximum absolute atomic E-state index is 9.96. The van der Waals surface area contributed by atoms with Gasteiger partial charge in [0.1, 0.15) is 0 Å². The van der Waals surface area contributed by atoms with E-state index in [0.29, 0.717) is 0 Å². The van der Waals surface area contributed by atoms with Crippen LogP contribution in [0.5, 0.6) is 0 Å². The SMILES string of the molecule is Cc1cc(C)c(SN=C=O)c(C)c1. The number of aryl methyl sites for hydroxylation is 3. The first-order valence-corrected chi connectivity index (χ1v) is 4.74. The summed E-state index contributed by atoms with van der Waals surface area (Å²) in [6.45, 7) is 6.09. The molecule has 1 rings (SSSR count). The van der Waals surface area contributed by atoms with Crippen molar-refractivity contribution in [3.05, 3.63) is 28.8 Å². The Labute approximate surface area is 82.2 Å². The van der Waals surface area contributed by atoms with Gasteiger partial charge in [-0.25, -0.2) is 4.79 Å². The average molecular weight is 193 g/mol. The van der Waals surface area contributed by atoms with Gasteiger partial charge in [-0.05, 0) is 31.9 Å². The van der Waals surface area contributed by atoms with Crippen LogP contribution in [0.2, 0.25) is 0 Å². The van der Waals surface area contributed by atoms with E-state index in [9.17, 15) is 4.79 Å². The Hall–Kier alpha value is -1.05. The maximum Gasteiger partial charge on any atom is 0.247 e. The van der Waals surface area contributed by atoms with Crippen LogP contribution in [0.3, 0.4) is 0 Å². The second kappa shape index (κ2) is 4.26. The number of carbonyl (C=O) groups excluding carboxylic acids is 1. The Bertz CT molecular complexity index is 344. The van der Waals surface area contributed by atoms with Gasteiger partial charge in [0.25, 0.3) is 0 Å². The van der Waals surface area contributed by atoms with E-state index in [-0.39, 0.29) is 0 Å². The van der Waals surface area contributed by atoms with Crippen LogP contribution >= 0.6 is 11.9 Å². The van der Waals surface area contributed by atoms with Gasteiger partial charge in [-0.1, -0.05) is 17.7 Å². The van der Waals surface area contributed by atoms with Crippen molar-refractivity contribution in [2.45, 2.75) is 25.7 Å². The maximum atomic E-state index is 9.96. The molecule has 0 saturated carbocycles. The number of hydrogen-bond acceptors (Lipinski definition) is 3. The van der Waals surface area contributed by atoms with Crippen molar-refractivity contribution in [3.8, 4) is 0 Å². The second-order valence-electron chi connectivity index (χ2n) is 3.00. The molecule has 0 amide bonds. The van der Waals surface area contributed by atoms with Crippen LogP contribution < -0.4 is 0 Å².